The second-order valence-electron chi connectivity index (χ2n) is 4.54. The van der Waals surface area contributed by atoms with E-state index in [2.05, 4.69) is 15.3 Å². The number of nitrogens with one attached hydrogen (secondary N) is 1. The number of aryl methyl sites for hydroxylation is 2. The maximum Gasteiger partial charge on any atom is 0.272 e. The summed E-state index contributed by atoms with van der Waals surface area (Å²) in [6.45, 7) is 6.86. The minimum atomic E-state index is -0.0960. The van der Waals surface area contributed by atoms with Crippen LogP contribution in [-0.2, 0) is 11.8 Å². The Morgan fingerprint density at radius 3 is 2.83 bits per heavy atom. The van der Waals surface area contributed by atoms with Crippen molar-refractivity contribution in [2.45, 2.75) is 6.92 Å². The third-order valence-corrected chi connectivity index (χ3v) is 3.04. The highest BCUT2D eigenvalue weighted by atomic mass is 16.5. The van der Waals surface area contributed by atoms with Gasteiger partial charge in [-0.05, 0) is 6.92 Å². The highest BCUT2D eigenvalue weighted by Crippen LogP contribution is 2.03. The number of nitrogens with zero attached hydrogens (tertiary/aromatic N) is 3. The molecule has 0 saturated carbocycles. The van der Waals surface area contributed by atoms with E-state index in [9.17, 15) is 4.79 Å². The number of morpholine rings is 1. The molecule has 2 heterocycles. The van der Waals surface area contributed by atoms with Gasteiger partial charge in [0, 0.05) is 45.0 Å². The van der Waals surface area contributed by atoms with Gasteiger partial charge in [0.15, 0.2) is 5.69 Å². The fraction of sp³-hybridized carbons (Fsp3) is 0.667. The molecule has 2 rings (SSSR count). The van der Waals surface area contributed by atoms with E-state index in [0.717, 1.165) is 38.4 Å². The second kappa shape index (κ2) is 5.97. The monoisotopic (exact) mass is 252 g/mol. The molecule has 0 aromatic carbocycles. The van der Waals surface area contributed by atoms with Crippen LogP contribution in [0.5, 0.6) is 0 Å². The van der Waals surface area contributed by atoms with Gasteiger partial charge < -0.3 is 10.1 Å². The van der Waals surface area contributed by atoms with Crippen molar-refractivity contribution in [2.75, 3.05) is 39.4 Å². The topological polar surface area (TPSA) is 59.4 Å². The fourth-order valence-corrected chi connectivity index (χ4v) is 2.07. The molecule has 0 atom stereocenters. The molecule has 1 aliphatic heterocycles. The smallest absolute Gasteiger partial charge is 0.272 e. The van der Waals surface area contributed by atoms with Gasteiger partial charge in [-0.3, -0.25) is 14.4 Å². The zero-order valence-corrected chi connectivity index (χ0v) is 11.0. The van der Waals surface area contributed by atoms with Gasteiger partial charge in [0.25, 0.3) is 5.91 Å². The predicted octanol–water partition coefficient (Wildman–Crippen LogP) is -0.209. The van der Waals surface area contributed by atoms with Crippen molar-refractivity contribution in [1.82, 2.24) is 20.0 Å². The lowest BCUT2D eigenvalue weighted by Gasteiger charge is -2.26. The summed E-state index contributed by atoms with van der Waals surface area (Å²) in [5.41, 5.74) is 1.42. The van der Waals surface area contributed by atoms with E-state index in [1.165, 1.54) is 0 Å². The largest absolute Gasteiger partial charge is 0.379 e. The average molecular weight is 252 g/mol. The SMILES string of the molecule is Cc1cn(C)nc1C(=O)NCCN1CCOCC1. The van der Waals surface area contributed by atoms with Crippen LogP contribution in [0.15, 0.2) is 6.20 Å². The van der Waals surface area contributed by atoms with Crippen LogP contribution in [0.2, 0.25) is 0 Å². The van der Waals surface area contributed by atoms with Crippen molar-refractivity contribution in [1.29, 1.82) is 0 Å². The van der Waals surface area contributed by atoms with E-state index in [1.54, 1.807) is 4.68 Å². The quantitative estimate of drug-likeness (QED) is 0.805. The summed E-state index contributed by atoms with van der Waals surface area (Å²) in [7, 11) is 1.82. The first-order valence-electron chi connectivity index (χ1n) is 6.25. The molecule has 1 N–H and O–H groups in total. The van der Waals surface area contributed by atoms with E-state index in [-0.39, 0.29) is 5.91 Å². The number of hydrogen-bond donors (Lipinski definition) is 1. The maximum atomic E-state index is 11.9. The van der Waals surface area contributed by atoms with Gasteiger partial charge in [-0.1, -0.05) is 0 Å². The lowest BCUT2D eigenvalue weighted by atomic mass is 10.2. The molecule has 1 aromatic rings. The summed E-state index contributed by atoms with van der Waals surface area (Å²) >= 11 is 0. The van der Waals surface area contributed by atoms with E-state index in [0.29, 0.717) is 12.2 Å². The first kappa shape index (κ1) is 13.0. The van der Waals surface area contributed by atoms with Gasteiger partial charge in [-0.15, -0.1) is 0 Å². The van der Waals surface area contributed by atoms with Crippen molar-refractivity contribution in [3.63, 3.8) is 0 Å². The highest BCUT2D eigenvalue weighted by Gasteiger charge is 2.14. The lowest BCUT2D eigenvalue weighted by molar-refractivity contribution is 0.0383. The van der Waals surface area contributed by atoms with Gasteiger partial charge in [0.2, 0.25) is 0 Å². The maximum absolute atomic E-state index is 11.9. The Kier molecular flexibility index (Phi) is 4.33. The van der Waals surface area contributed by atoms with Crippen LogP contribution in [0, 0.1) is 6.92 Å². The summed E-state index contributed by atoms with van der Waals surface area (Å²) < 4.78 is 6.93. The van der Waals surface area contributed by atoms with Crippen LogP contribution in [0.25, 0.3) is 0 Å². The molecular weight excluding hydrogens is 232 g/mol. The summed E-state index contributed by atoms with van der Waals surface area (Å²) in [5.74, 6) is -0.0960. The van der Waals surface area contributed by atoms with Crippen molar-refractivity contribution in [3.05, 3.63) is 17.5 Å². The Hall–Kier alpha value is -1.40. The molecule has 1 aliphatic rings. The number of ether oxygens (including phenoxy) is 1. The molecule has 0 spiro atoms. The zero-order chi connectivity index (χ0) is 13.0. The van der Waals surface area contributed by atoms with Crippen molar-refractivity contribution in [3.8, 4) is 0 Å². The van der Waals surface area contributed by atoms with E-state index in [1.807, 2.05) is 20.2 Å². The molecule has 6 nitrogen and oxygen atoms in total. The molecule has 0 radical (unpaired) electrons. The average Bonchev–Trinajstić information content (AvgIpc) is 2.70. The number of aromatic nitrogens is 2. The molecular formula is C12H20N4O2. The number of carbonyl (C=O) groups is 1. The van der Waals surface area contributed by atoms with Crippen molar-refractivity contribution < 1.29 is 9.53 Å². The standard InChI is InChI=1S/C12H20N4O2/c1-10-9-15(2)14-11(10)12(17)13-3-4-16-5-7-18-8-6-16/h9H,3-8H2,1-2H3,(H,13,17). The number of amides is 1. The van der Waals surface area contributed by atoms with Gasteiger partial charge in [-0.2, -0.15) is 5.10 Å². The molecule has 1 aromatic heterocycles. The Morgan fingerprint density at radius 2 is 2.22 bits per heavy atom. The van der Waals surface area contributed by atoms with Crippen LogP contribution in [-0.4, -0.2) is 60.0 Å². The molecule has 0 unspecified atom stereocenters. The number of hydrogen-bond acceptors (Lipinski definition) is 4. The molecule has 1 amide bonds. The Bertz CT molecular complexity index is 410. The minimum absolute atomic E-state index is 0.0960. The molecule has 0 bridgehead atoms. The molecule has 6 heteroatoms. The van der Waals surface area contributed by atoms with Gasteiger partial charge in [-0.25, -0.2) is 0 Å². The highest BCUT2D eigenvalue weighted by molar-refractivity contribution is 5.93. The first-order chi connectivity index (χ1) is 8.66. The number of rotatable bonds is 4. The van der Waals surface area contributed by atoms with Crippen molar-refractivity contribution >= 4 is 5.91 Å². The van der Waals surface area contributed by atoms with Crippen molar-refractivity contribution in [2.24, 2.45) is 7.05 Å². The van der Waals surface area contributed by atoms with Crippen LogP contribution in [0.3, 0.4) is 0 Å². The summed E-state index contributed by atoms with van der Waals surface area (Å²) in [6.07, 6.45) is 1.84. The Morgan fingerprint density at radius 1 is 1.50 bits per heavy atom. The lowest BCUT2D eigenvalue weighted by Crippen LogP contribution is -2.41. The fourth-order valence-electron chi connectivity index (χ4n) is 2.07. The van der Waals surface area contributed by atoms with Crippen LogP contribution < -0.4 is 5.32 Å². The normalized spacial score (nSPS) is 16.8. The summed E-state index contributed by atoms with van der Waals surface area (Å²) in [4.78, 5) is 14.2. The minimum Gasteiger partial charge on any atom is -0.379 e. The van der Waals surface area contributed by atoms with Gasteiger partial charge in [0.1, 0.15) is 0 Å². The zero-order valence-electron chi connectivity index (χ0n) is 11.0. The van der Waals surface area contributed by atoms with E-state index >= 15 is 0 Å². The third-order valence-electron chi connectivity index (χ3n) is 3.04. The Labute approximate surface area is 107 Å². The number of carbonyl (C=O) groups excluding carboxylic acids is 1. The summed E-state index contributed by atoms with van der Waals surface area (Å²) in [6, 6.07) is 0. The predicted molar refractivity (Wildman–Crippen MR) is 67.5 cm³/mol. The van der Waals surface area contributed by atoms with E-state index in [4.69, 9.17) is 4.74 Å². The second-order valence-corrected chi connectivity index (χ2v) is 4.54. The van der Waals surface area contributed by atoms with Gasteiger partial charge in [0.05, 0.1) is 13.2 Å². The van der Waals surface area contributed by atoms with Gasteiger partial charge >= 0.3 is 0 Å². The summed E-state index contributed by atoms with van der Waals surface area (Å²) in [5, 5.41) is 7.05. The molecule has 1 fully saturated rings. The Balaban J connectivity index is 1.76. The third kappa shape index (κ3) is 3.30. The van der Waals surface area contributed by atoms with Crippen LogP contribution >= 0.6 is 0 Å². The molecule has 1 saturated heterocycles. The van der Waals surface area contributed by atoms with Crippen LogP contribution in [0.1, 0.15) is 16.1 Å². The van der Waals surface area contributed by atoms with E-state index < -0.39 is 0 Å². The first-order valence-corrected chi connectivity index (χ1v) is 6.25. The van der Waals surface area contributed by atoms with Crippen LogP contribution in [0.4, 0.5) is 0 Å². The molecule has 100 valence electrons. The molecule has 18 heavy (non-hydrogen) atoms. The molecule has 0 aliphatic carbocycles.